The molecule has 0 saturated carbocycles. The lowest BCUT2D eigenvalue weighted by Crippen LogP contribution is -2.38. The van der Waals surface area contributed by atoms with Crippen molar-refractivity contribution in [3.63, 3.8) is 0 Å². The zero-order valence-electron chi connectivity index (χ0n) is 19.7. The van der Waals surface area contributed by atoms with E-state index >= 15 is 0 Å². The van der Waals surface area contributed by atoms with E-state index in [1.54, 1.807) is 16.4 Å². The molecule has 4 aromatic rings. The largest absolute Gasteiger partial charge is 0.464 e. The summed E-state index contributed by atoms with van der Waals surface area (Å²) in [5, 5.41) is 3.32. The minimum atomic E-state index is -3.60. The van der Waals surface area contributed by atoms with E-state index in [-0.39, 0.29) is 17.2 Å². The van der Waals surface area contributed by atoms with Crippen molar-refractivity contribution in [3.8, 4) is 0 Å². The van der Waals surface area contributed by atoms with Gasteiger partial charge in [-0.2, -0.15) is 4.31 Å². The van der Waals surface area contributed by atoms with Crippen LogP contribution in [-0.4, -0.2) is 31.7 Å². The third kappa shape index (κ3) is 5.34. The minimum absolute atomic E-state index is 0.00836. The summed E-state index contributed by atoms with van der Waals surface area (Å²) in [7, 11) is -3.60. The number of nitrogens with one attached hydrogen (secondary N) is 1. The number of rotatable bonds is 7. The standard InChI is InChI=1S/C28H27FN2O4S/c29-23-6-11-27-26(18-23)22(19-35-27)17-28(32)30-24-7-9-25(10-8-24)36(33,34)31-14-12-21(13-15-31)16-20-4-2-1-3-5-20/h1-11,18-19,21H,12-17H2,(H,30,32). The van der Waals surface area contributed by atoms with E-state index in [0.717, 1.165) is 19.3 Å². The number of amides is 1. The van der Waals surface area contributed by atoms with Crippen LogP contribution in [0.3, 0.4) is 0 Å². The molecule has 36 heavy (non-hydrogen) atoms. The van der Waals surface area contributed by atoms with Crippen molar-refractivity contribution in [1.82, 2.24) is 4.31 Å². The zero-order valence-corrected chi connectivity index (χ0v) is 20.5. The van der Waals surface area contributed by atoms with Gasteiger partial charge in [0.25, 0.3) is 0 Å². The Labute approximate surface area is 209 Å². The topological polar surface area (TPSA) is 79.6 Å². The number of anilines is 1. The maximum absolute atomic E-state index is 13.6. The molecule has 2 heterocycles. The summed E-state index contributed by atoms with van der Waals surface area (Å²) in [5.74, 6) is -0.235. The van der Waals surface area contributed by atoms with Gasteiger partial charge >= 0.3 is 0 Å². The van der Waals surface area contributed by atoms with Gasteiger partial charge in [-0.15, -0.1) is 0 Å². The number of nitrogens with zero attached hydrogens (tertiary/aromatic N) is 1. The van der Waals surface area contributed by atoms with Gasteiger partial charge in [0.2, 0.25) is 15.9 Å². The van der Waals surface area contributed by atoms with E-state index < -0.39 is 15.8 Å². The monoisotopic (exact) mass is 506 g/mol. The van der Waals surface area contributed by atoms with Crippen molar-refractivity contribution in [3.05, 3.63) is 96.0 Å². The van der Waals surface area contributed by atoms with Crippen LogP contribution in [-0.2, 0) is 27.7 Å². The van der Waals surface area contributed by atoms with Gasteiger partial charge in [0.05, 0.1) is 17.6 Å². The predicted molar refractivity (Wildman–Crippen MR) is 137 cm³/mol. The number of benzene rings is 3. The zero-order chi connectivity index (χ0) is 25.1. The number of fused-ring (bicyclic) bond motifs is 1. The van der Waals surface area contributed by atoms with Crippen LogP contribution < -0.4 is 5.32 Å². The van der Waals surface area contributed by atoms with Gasteiger partial charge in [0.1, 0.15) is 11.4 Å². The van der Waals surface area contributed by atoms with Gasteiger partial charge in [-0.3, -0.25) is 4.79 Å². The first-order valence-electron chi connectivity index (χ1n) is 12.0. The van der Waals surface area contributed by atoms with E-state index in [2.05, 4.69) is 17.4 Å². The number of sulfonamides is 1. The first-order valence-corrected chi connectivity index (χ1v) is 13.4. The van der Waals surface area contributed by atoms with E-state index in [1.807, 2.05) is 18.2 Å². The number of hydrogen-bond donors (Lipinski definition) is 1. The van der Waals surface area contributed by atoms with Gasteiger partial charge in [-0.05, 0) is 73.2 Å². The second-order valence-electron chi connectivity index (χ2n) is 9.19. The Hall–Kier alpha value is -3.49. The van der Waals surface area contributed by atoms with E-state index in [4.69, 9.17) is 4.42 Å². The third-order valence-corrected chi connectivity index (χ3v) is 8.60. The molecule has 6 nitrogen and oxygen atoms in total. The number of carbonyl (C=O) groups is 1. The molecule has 1 saturated heterocycles. The summed E-state index contributed by atoms with van der Waals surface area (Å²) in [6.45, 7) is 0.995. The number of halogens is 1. The molecule has 5 rings (SSSR count). The molecule has 1 aliphatic heterocycles. The third-order valence-electron chi connectivity index (χ3n) is 6.68. The highest BCUT2D eigenvalue weighted by Gasteiger charge is 2.29. The van der Waals surface area contributed by atoms with Crippen molar-refractivity contribution in [2.45, 2.75) is 30.6 Å². The average Bonchev–Trinajstić information content (AvgIpc) is 3.27. The van der Waals surface area contributed by atoms with Crippen LogP contribution in [0.15, 0.2) is 88.4 Å². The molecule has 1 aromatic heterocycles. The first kappa shape index (κ1) is 24.2. The molecular weight excluding hydrogens is 479 g/mol. The number of hydrogen-bond acceptors (Lipinski definition) is 4. The molecule has 1 fully saturated rings. The van der Waals surface area contributed by atoms with Crippen LogP contribution in [0.25, 0.3) is 11.0 Å². The molecule has 1 N–H and O–H groups in total. The second kappa shape index (κ2) is 10.2. The lowest BCUT2D eigenvalue weighted by molar-refractivity contribution is -0.115. The van der Waals surface area contributed by atoms with Gasteiger partial charge in [-0.1, -0.05) is 30.3 Å². The van der Waals surface area contributed by atoms with E-state index in [1.165, 1.54) is 42.2 Å². The number of carbonyl (C=O) groups excluding carboxylic acids is 1. The molecule has 8 heteroatoms. The summed E-state index contributed by atoms with van der Waals surface area (Å²) in [6.07, 6.45) is 4.08. The molecule has 0 atom stereocenters. The highest BCUT2D eigenvalue weighted by molar-refractivity contribution is 7.89. The van der Waals surface area contributed by atoms with E-state index in [0.29, 0.717) is 41.2 Å². The van der Waals surface area contributed by atoms with Crippen LogP contribution in [0.4, 0.5) is 10.1 Å². The van der Waals surface area contributed by atoms with Crippen molar-refractivity contribution in [1.29, 1.82) is 0 Å². The van der Waals surface area contributed by atoms with Gasteiger partial charge < -0.3 is 9.73 Å². The van der Waals surface area contributed by atoms with Crippen LogP contribution in [0, 0.1) is 11.7 Å². The fourth-order valence-electron chi connectivity index (χ4n) is 4.73. The lowest BCUT2D eigenvalue weighted by atomic mass is 9.91. The van der Waals surface area contributed by atoms with Crippen LogP contribution in [0.1, 0.15) is 24.0 Å². The Balaban J connectivity index is 1.18. The first-order chi connectivity index (χ1) is 17.4. The Morgan fingerprint density at radius 2 is 1.72 bits per heavy atom. The minimum Gasteiger partial charge on any atom is -0.464 e. The molecule has 0 bridgehead atoms. The smallest absolute Gasteiger partial charge is 0.243 e. The van der Waals surface area contributed by atoms with Crippen molar-refractivity contribution >= 4 is 32.6 Å². The van der Waals surface area contributed by atoms with Gasteiger partial charge in [0, 0.05) is 29.7 Å². The summed E-state index contributed by atoms with van der Waals surface area (Å²) >= 11 is 0. The molecular formula is C28H27FN2O4S. The SMILES string of the molecule is O=C(Cc1coc2ccc(F)cc12)Nc1ccc(S(=O)(=O)N2CCC(Cc3ccccc3)CC2)cc1. The van der Waals surface area contributed by atoms with Crippen molar-refractivity contribution < 1.29 is 22.0 Å². The fraction of sp³-hybridized carbons (Fsp3) is 0.250. The Kier molecular flexibility index (Phi) is 6.89. The molecule has 0 aliphatic carbocycles. The van der Waals surface area contributed by atoms with Crippen LogP contribution >= 0.6 is 0 Å². The molecule has 0 spiro atoms. The molecule has 0 unspecified atom stereocenters. The second-order valence-corrected chi connectivity index (χ2v) is 11.1. The van der Waals surface area contributed by atoms with Gasteiger partial charge in [-0.25, -0.2) is 12.8 Å². The lowest BCUT2D eigenvalue weighted by Gasteiger charge is -2.31. The van der Waals surface area contributed by atoms with Gasteiger partial charge in [0.15, 0.2) is 0 Å². The number of piperidine rings is 1. The predicted octanol–water partition coefficient (Wildman–Crippen LogP) is 5.40. The normalized spacial score (nSPS) is 15.2. The maximum atomic E-state index is 13.6. The Bertz CT molecular complexity index is 1460. The maximum Gasteiger partial charge on any atom is 0.243 e. The molecule has 186 valence electrons. The quantitative estimate of drug-likeness (QED) is 0.364. The Morgan fingerprint density at radius 1 is 1.00 bits per heavy atom. The van der Waals surface area contributed by atoms with Crippen molar-refractivity contribution in [2.24, 2.45) is 5.92 Å². The molecule has 1 amide bonds. The summed E-state index contributed by atoms with van der Waals surface area (Å²) in [4.78, 5) is 12.7. The Morgan fingerprint density at radius 3 is 2.44 bits per heavy atom. The van der Waals surface area contributed by atoms with Crippen molar-refractivity contribution in [2.75, 3.05) is 18.4 Å². The fourth-order valence-corrected chi connectivity index (χ4v) is 6.20. The summed E-state index contributed by atoms with van der Waals surface area (Å²) in [6, 6.07) is 20.7. The van der Waals surface area contributed by atoms with E-state index in [9.17, 15) is 17.6 Å². The van der Waals surface area contributed by atoms with Crippen LogP contribution in [0.2, 0.25) is 0 Å². The van der Waals surface area contributed by atoms with Crippen LogP contribution in [0.5, 0.6) is 0 Å². The molecule has 3 aromatic carbocycles. The highest BCUT2D eigenvalue weighted by Crippen LogP contribution is 2.27. The summed E-state index contributed by atoms with van der Waals surface area (Å²) in [5.41, 5.74) is 2.86. The highest BCUT2D eigenvalue weighted by atomic mass is 32.2. The average molecular weight is 507 g/mol. The molecule has 0 radical (unpaired) electrons. The number of furan rings is 1. The molecule has 1 aliphatic rings. The summed E-state index contributed by atoms with van der Waals surface area (Å²) < 4.78 is 46.8.